The standard InChI is InChI=1S/C14H25NO4/c1-14(2,3)19-13(17)15-8-5-6-11(10-15)12(18-4)7-9-16/h9,11-12H,5-8,10H2,1-4H3. The van der Waals surface area contributed by atoms with Crippen molar-refractivity contribution in [1.29, 1.82) is 0 Å². The molecule has 0 bridgehead atoms. The Labute approximate surface area is 115 Å². The van der Waals surface area contributed by atoms with Gasteiger partial charge in [-0.3, -0.25) is 0 Å². The molecule has 2 atom stereocenters. The van der Waals surface area contributed by atoms with E-state index in [-0.39, 0.29) is 18.1 Å². The highest BCUT2D eigenvalue weighted by Gasteiger charge is 2.31. The topological polar surface area (TPSA) is 55.8 Å². The summed E-state index contributed by atoms with van der Waals surface area (Å²) in [6.07, 6.45) is 2.76. The Morgan fingerprint density at radius 2 is 2.16 bits per heavy atom. The van der Waals surface area contributed by atoms with E-state index in [0.717, 1.165) is 19.1 Å². The molecule has 1 aliphatic heterocycles. The lowest BCUT2D eigenvalue weighted by Crippen LogP contribution is -2.46. The van der Waals surface area contributed by atoms with Crippen molar-refractivity contribution in [3.8, 4) is 0 Å². The van der Waals surface area contributed by atoms with E-state index in [2.05, 4.69) is 0 Å². The van der Waals surface area contributed by atoms with E-state index in [1.165, 1.54) is 0 Å². The first-order valence-electron chi connectivity index (χ1n) is 6.81. The van der Waals surface area contributed by atoms with E-state index in [9.17, 15) is 9.59 Å². The van der Waals surface area contributed by atoms with Crippen LogP contribution in [0.4, 0.5) is 4.79 Å². The summed E-state index contributed by atoms with van der Waals surface area (Å²) in [5, 5.41) is 0. The number of aldehydes is 1. The number of carbonyl (C=O) groups excluding carboxylic acids is 2. The third-order valence-corrected chi connectivity index (χ3v) is 3.27. The van der Waals surface area contributed by atoms with E-state index >= 15 is 0 Å². The number of rotatable bonds is 4. The maximum Gasteiger partial charge on any atom is 0.410 e. The lowest BCUT2D eigenvalue weighted by atomic mass is 9.91. The maximum absolute atomic E-state index is 12.0. The highest BCUT2D eigenvalue weighted by molar-refractivity contribution is 5.68. The fourth-order valence-corrected chi connectivity index (χ4v) is 2.38. The summed E-state index contributed by atoms with van der Waals surface area (Å²) in [5.41, 5.74) is -0.479. The van der Waals surface area contributed by atoms with E-state index in [1.807, 2.05) is 20.8 Å². The number of piperidine rings is 1. The number of likely N-dealkylation sites (tertiary alicyclic amines) is 1. The highest BCUT2D eigenvalue weighted by Crippen LogP contribution is 2.24. The lowest BCUT2D eigenvalue weighted by molar-refractivity contribution is -0.111. The molecule has 1 saturated heterocycles. The molecule has 1 heterocycles. The van der Waals surface area contributed by atoms with Gasteiger partial charge in [-0.15, -0.1) is 0 Å². The second-order valence-corrected chi connectivity index (χ2v) is 6.01. The SMILES string of the molecule is COC(CC=O)C1CCCN(C(=O)OC(C)(C)C)C1. The van der Waals surface area contributed by atoms with E-state index in [4.69, 9.17) is 9.47 Å². The number of amides is 1. The van der Waals surface area contributed by atoms with Gasteiger partial charge < -0.3 is 19.2 Å². The number of nitrogens with zero attached hydrogens (tertiary/aromatic N) is 1. The molecule has 1 fully saturated rings. The van der Waals surface area contributed by atoms with Crippen molar-refractivity contribution in [2.75, 3.05) is 20.2 Å². The van der Waals surface area contributed by atoms with Gasteiger partial charge in [-0.2, -0.15) is 0 Å². The Morgan fingerprint density at radius 3 is 2.68 bits per heavy atom. The summed E-state index contributed by atoms with van der Waals surface area (Å²) >= 11 is 0. The van der Waals surface area contributed by atoms with Crippen molar-refractivity contribution in [3.05, 3.63) is 0 Å². The van der Waals surface area contributed by atoms with Crippen LogP contribution in [0.1, 0.15) is 40.0 Å². The minimum absolute atomic E-state index is 0.109. The Bertz CT molecular complexity index is 311. The van der Waals surface area contributed by atoms with Gasteiger partial charge in [0, 0.05) is 32.5 Å². The molecular formula is C14H25NO4. The molecule has 1 amide bonds. The number of ether oxygens (including phenoxy) is 2. The Hall–Kier alpha value is -1.10. The molecule has 0 N–H and O–H groups in total. The van der Waals surface area contributed by atoms with Gasteiger partial charge in [0.25, 0.3) is 0 Å². The quantitative estimate of drug-likeness (QED) is 0.736. The number of hydrogen-bond acceptors (Lipinski definition) is 4. The van der Waals surface area contributed by atoms with Gasteiger partial charge in [0.05, 0.1) is 6.10 Å². The van der Waals surface area contributed by atoms with Gasteiger partial charge in [-0.1, -0.05) is 0 Å². The summed E-state index contributed by atoms with van der Waals surface area (Å²) in [7, 11) is 1.61. The molecule has 5 heteroatoms. The smallest absolute Gasteiger partial charge is 0.410 e. The second-order valence-electron chi connectivity index (χ2n) is 6.01. The first kappa shape index (κ1) is 16.0. The molecule has 0 saturated carbocycles. The van der Waals surface area contributed by atoms with Gasteiger partial charge in [0.15, 0.2) is 0 Å². The molecule has 1 rings (SSSR count). The van der Waals surface area contributed by atoms with Crippen molar-refractivity contribution in [1.82, 2.24) is 4.90 Å². The van der Waals surface area contributed by atoms with Crippen molar-refractivity contribution < 1.29 is 19.1 Å². The van der Waals surface area contributed by atoms with Crippen molar-refractivity contribution in [2.24, 2.45) is 5.92 Å². The molecule has 0 aromatic rings. The fourth-order valence-electron chi connectivity index (χ4n) is 2.38. The molecule has 0 aromatic heterocycles. The van der Waals surface area contributed by atoms with Crippen LogP contribution in [0.5, 0.6) is 0 Å². The van der Waals surface area contributed by atoms with Crippen LogP contribution in [0.25, 0.3) is 0 Å². The van der Waals surface area contributed by atoms with Gasteiger partial charge in [0.2, 0.25) is 0 Å². The molecule has 110 valence electrons. The van der Waals surface area contributed by atoms with Gasteiger partial charge in [-0.25, -0.2) is 4.79 Å². The molecule has 19 heavy (non-hydrogen) atoms. The summed E-state index contributed by atoms with van der Waals surface area (Å²) in [6.45, 7) is 6.88. The van der Waals surface area contributed by atoms with Crippen LogP contribution >= 0.6 is 0 Å². The monoisotopic (exact) mass is 271 g/mol. The second kappa shape index (κ2) is 6.89. The minimum Gasteiger partial charge on any atom is -0.444 e. The van der Waals surface area contributed by atoms with E-state index in [0.29, 0.717) is 19.5 Å². The summed E-state index contributed by atoms with van der Waals surface area (Å²) in [5.74, 6) is 0.205. The number of hydrogen-bond donors (Lipinski definition) is 0. The van der Waals surface area contributed by atoms with Crippen LogP contribution in [-0.4, -0.2) is 49.2 Å². The molecule has 0 spiro atoms. The fraction of sp³-hybridized carbons (Fsp3) is 0.857. The van der Waals surface area contributed by atoms with Gasteiger partial charge in [-0.05, 0) is 33.6 Å². The van der Waals surface area contributed by atoms with E-state index in [1.54, 1.807) is 12.0 Å². The predicted molar refractivity (Wildman–Crippen MR) is 72.0 cm³/mol. The van der Waals surface area contributed by atoms with Crippen LogP contribution in [0.3, 0.4) is 0 Å². The molecular weight excluding hydrogens is 246 g/mol. The maximum atomic E-state index is 12.0. The van der Waals surface area contributed by atoms with Crippen molar-refractivity contribution in [3.63, 3.8) is 0 Å². The summed E-state index contributed by atoms with van der Waals surface area (Å²) in [6, 6.07) is 0. The molecule has 0 radical (unpaired) electrons. The van der Waals surface area contributed by atoms with Gasteiger partial charge >= 0.3 is 6.09 Å². The van der Waals surface area contributed by atoms with Crippen LogP contribution < -0.4 is 0 Å². The molecule has 5 nitrogen and oxygen atoms in total. The average molecular weight is 271 g/mol. The highest BCUT2D eigenvalue weighted by atomic mass is 16.6. The third-order valence-electron chi connectivity index (χ3n) is 3.27. The van der Waals surface area contributed by atoms with Crippen LogP contribution in [0.15, 0.2) is 0 Å². The predicted octanol–water partition coefficient (Wildman–Crippen LogP) is 2.24. The molecule has 0 aliphatic carbocycles. The van der Waals surface area contributed by atoms with Crippen LogP contribution in [0.2, 0.25) is 0 Å². The zero-order valence-corrected chi connectivity index (χ0v) is 12.3. The lowest BCUT2D eigenvalue weighted by Gasteiger charge is -2.36. The first-order valence-corrected chi connectivity index (χ1v) is 6.81. The average Bonchev–Trinajstić information content (AvgIpc) is 2.34. The molecule has 1 aliphatic rings. The van der Waals surface area contributed by atoms with Crippen LogP contribution in [-0.2, 0) is 14.3 Å². The summed E-state index contributed by atoms with van der Waals surface area (Å²) in [4.78, 5) is 24.4. The number of carbonyl (C=O) groups is 2. The zero-order valence-electron chi connectivity index (χ0n) is 12.3. The Kier molecular flexibility index (Phi) is 5.79. The minimum atomic E-state index is -0.479. The summed E-state index contributed by atoms with van der Waals surface area (Å²) < 4.78 is 10.7. The zero-order chi connectivity index (χ0) is 14.5. The van der Waals surface area contributed by atoms with Crippen molar-refractivity contribution in [2.45, 2.75) is 51.7 Å². The molecule has 0 aromatic carbocycles. The molecule has 2 unspecified atom stereocenters. The van der Waals surface area contributed by atoms with Crippen LogP contribution in [0, 0.1) is 5.92 Å². The van der Waals surface area contributed by atoms with Crippen molar-refractivity contribution >= 4 is 12.4 Å². The third kappa shape index (κ3) is 5.19. The van der Waals surface area contributed by atoms with Gasteiger partial charge in [0.1, 0.15) is 11.9 Å². The Balaban J connectivity index is 2.58. The normalized spacial score (nSPS) is 21.9. The Morgan fingerprint density at radius 1 is 1.47 bits per heavy atom. The van der Waals surface area contributed by atoms with E-state index < -0.39 is 5.60 Å². The first-order chi connectivity index (χ1) is 8.87. The number of methoxy groups -OCH3 is 1. The largest absolute Gasteiger partial charge is 0.444 e.